The number of carbonyl (C=O) groups excluding carboxylic acids is 1. The topological polar surface area (TPSA) is 200 Å². The molecule has 2 unspecified atom stereocenters. The van der Waals surface area contributed by atoms with Crippen molar-refractivity contribution in [3.05, 3.63) is 0 Å². The Morgan fingerprint density at radius 2 is 1.57 bits per heavy atom. The maximum absolute atomic E-state index is 11.1. The van der Waals surface area contributed by atoms with E-state index in [1.54, 1.807) is 0 Å². The summed E-state index contributed by atoms with van der Waals surface area (Å²) in [6.07, 6.45) is -3.35. The number of phosphoric acid groups is 2. The molecule has 0 bridgehead atoms. The molecule has 21 heavy (non-hydrogen) atoms. The number of hydrogen-bond acceptors (Lipinski definition) is 9. The quantitative estimate of drug-likeness (QED) is 0.191. The number of aliphatic hydroxyl groups excluding tert-OH is 2. The Morgan fingerprint density at radius 1 is 1.05 bits per heavy atom. The monoisotopic (exact) mass is 390 g/mol. The molecule has 4 atom stereocenters. The van der Waals surface area contributed by atoms with Crippen LogP contribution in [0, 0.1) is 0 Å². The summed E-state index contributed by atoms with van der Waals surface area (Å²) in [4.78, 5) is 45.0. The second-order valence-corrected chi connectivity index (χ2v) is 9.23. The van der Waals surface area contributed by atoms with E-state index >= 15 is 0 Å². The maximum Gasteiger partial charge on any atom is 0.488 e. The van der Waals surface area contributed by atoms with Crippen molar-refractivity contribution in [2.75, 3.05) is 6.61 Å². The lowest BCUT2D eigenvalue weighted by Crippen LogP contribution is -2.30. The van der Waals surface area contributed by atoms with E-state index in [9.17, 15) is 23.9 Å². The lowest BCUT2D eigenvalue weighted by molar-refractivity contribution is -0.111. The minimum absolute atomic E-state index is 0.301. The normalized spacial score (nSPS) is 21.0. The van der Waals surface area contributed by atoms with Crippen molar-refractivity contribution in [1.29, 1.82) is 0 Å². The van der Waals surface area contributed by atoms with Crippen LogP contribution in [0.25, 0.3) is 0 Å². The van der Waals surface area contributed by atoms with Crippen molar-refractivity contribution in [3.63, 3.8) is 0 Å². The van der Waals surface area contributed by atoms with E-state index in [1.807, 2.05) is 0 Å². The molecule has 0 amide bonds. The van der Waals surface area contributed by atoms with Crippen LogP contribution in [0.2, 0.25) is 0 Å². The van der Waals surface area contributed by atoms with E-state index < -0.39 is 47.6 Å². The SMILES string of the molecule is O=CC[C@H](O)[C@H](O)COP(O)(=S)OP(=O)(O)OP(=O)(O)O. The first-order valence-corrected chi connectivity index (χ1v) is 10.5. The Labute approximate surface area is 123 Å². The predicted octanol–water partition coefficient (Wildman–Crippen LogP) is -1.24. The average molecular weight is 390 g/mol. The third-order valence-electron chi connectivity index (χ3n) is 1.61. The first-order valence-electron chi connectivity index (χ1n) is 4.86. The van der Waals surface area contributed by atoms with Gasteiger partial charge >= 0.3 is 22.4 Å². The molecule has 0 aromatic rings. The van der Waals surface area contributed by atoms with Gasteiger partial charge in [-0.25, -0.2) is 13.4 Å². The van der Waals surface area contributed by atoms with E-state index in [1.165, 1.54) is 0 Å². The smallest absolute Gasteiger partial charge is 0.390 e. The van der Waals surface area contributed by atoms with E-state index in [2.05, 4.69) is 25.0 Å². The molecule has 0 saturated carbocycles. The molecule has 6 N–H and O–H groups in total. The van der Waals surface area contributed by atoms with E-state index in [0.29, 0.717) is 6.29 Å². The highest BCUT2D eigenvalue weighted by Crippen LogP contribution is 2.66. The highest BCUT2D eigenvalue weighted by atomic mass is 32.5. The van der Waals surface area contributed by atoms with Gasteiger partial charge in [0.1, 0.15) is 12.4 Å². The summed E-state index contributed by atoms with van der Waals surface area (Å²) in [5.74, 6) is 0. The van der Waals surface area contributed by atoms with E-state index in [4.69, 9.17) is 19.8 Å². The highest BCUT2D eigenvalue weighted by molar-refractivity contribution is 8.08. The van der Waals surface area contributed by atoms with Crippen molar-refractivity contribution >= 4 is 40.5 Å². The molecular weight excluding hydrogens is 377 g/mol. The molecule has 0 aliphatic rings. The van der Waals surface area contributed by atoms with Gasteiger partial charge < -0.3 is 39.1 Å². The van der Waals surface area contributed by atoms with Crippen LogP contribution in [0.3, 0.4) is 0 Å². The van der Waals surface area contributed by atoms with Gasteiger partial charge in [-0.2, -0.15) is 4.31 Å². The van der Waals surface area contributed by atoms with Gasteiger partial charge in [0.2, 0.25) is 0 Å². The lowest BCUT2D eigenvalue weighted by atomic mass is 10.2. The van der Waals surface area contributed by atoms with Crippen LogP contribution in [0.15, 0.2) is 0 Å². The Hall–Kier alpha value is 0.420. The molecule has 0 aromatic heterocycles. The average Bonchev–Trinajstić information content (AvgIpc) is 2.21. The van der Waals surface area contributed by atoms with Crippen molar-refractivity contribution in [1.82, 2.24) is 0 Å². The second kappa shape index (κ2) is 8.32. The molecule has 0 aliphatic heterocycles. The number of aliphatic hydroxyl groups is 2. The fraction of sp³-hybridized carbons (Fsp3) is 0.800. The number of hydrogen-bond donors (Lipinski definition) is 6. The summed E-state index contributed by atoms with van der Waals surface area (Å²) in [6.45, 7) is -5.40. The summed E-state index contributed by atoms with van der Waals surface area (Å²) in [6, 6.07) is 0. The zero-order valence-electron chi connectivity index (χ0n) is 10.0. The van der Waals surface area contributed by atoms with Crippen LogP contribution in [0.5, 0.6) is 0 Å². The Balaban J connectivity index is 4.57. The minimum atomic E-state index is -5.43. The van der Waals surface area contributed by atoms with Crippen LogP contribution in [-0.4, -0.2) is 54.9 Å². The summed E-state index contributed by atoms with van der Waals surface area (Å²) >= 11 is 4.24. The van der Waals surface area contributed by atoms with Gasteiger partial charge in [0.25, 0.3) is 0 Å². The van der Waals surface area contributed by atoms with E-state index in [-0.39, 0.29) is 0 Å². The van der Waals surface area contributed by atoms with Gasteiger partial charge in [0.05, 0.1) is 12.7 Å². The molecule has 126 valence electrons. The van der Waals surface area contributed by atoms with Gasteiger partial charge in [0, 0.05) is 6.42 Å². The summed E-state index contributed by atoms with van der Waals surface area (Å²) in [5, 5.41) is 18.4. The standard InChI is InChI=1S/C5H13O12P3S/c6-2-1-4(7)5(8)3-15-20(14,21)17-19(12,13)16-18(9,10)11/h2,4-5,7-8H,1,3H2,(H,12,13)(H,14,21)(H2,9,10,11)/t4-,5+,20?/m0/s1. The van der Waals surface area contributed by atoms with Crippen molar-refractivity contribution in [3.8, 4) is 0 Å². The van der Waals surface area contributed by atoms with E-state index in [0.717, 1.165) is 0 Å². The summed E-state index contributed by atoms with van der Waals surface area (Å²) < 4.78 is 33.1. The van der Waals surface area contributed by atoms with Crippen molar-refractivity contribution in [2.24, 2.45) is 0 Å². The van der Waals surface area contributed by atoms with Crippen LogP contribution in [0.4, 0.5) is 0 Å². The molecular formula is C5H13O12P3S. The Kier molecular flexibility index (Phi) is 8.49. The zero-order valence-corrected chi connectivity index (χ0v) is 13.5. The van der Waals surface area contributed by atoms with Gasteiger partial charge in [-0.3, -0.25) is 0 Å². The minimum Gasteiger partial charge on any atom is -0.390 e. The molecule has 0 fully saturated rings. The molecule has 0 heterocycles. The molecule has 0 spiro atoms. The van der Waals surface area contributed by atoms with Gasteiger partial charge in [-0.05, 0) is 11.8 Å². The fourth-order valence-corrected chi connectivity index (χ4v) is 4.82. The Morgan fingerprint density at radius 3 is 2.00 bits per heavy atom. The van der Waals surface area contributed by atoms with Gasteiger partial charge in [-0.1, -0.05) is 0 Å². The Bertz CT molecular complexity index is 487. The van der Waals surface area contributed by atoms with Crippen LogP contribution in [0.1, 0.15) is 6.42 Å². The lowest BCUT2D eigenvalue weighted by Gasteiger charge is -2.21. The maximum atomic E-state index is 11.1. The molecule has 0 saturated heterocycles. The summed E-state index contributed by atoms with van der Waals surface area (Å²) in [7, 11) is -10.8. The highest BCUT2D eigenvalue weighted by Gasteiger charge is 2.38. The number of aldehydes is 1. The molecule has 0 aromatic carbocycles. The molecule has 0 radical (unpaired) electrons. The second-order valence-electron chi connectivity index (χ2n) is 3.42. The molecule has 16 heteroatoms. The van der Waals surface area contributed by atoms with Crippen LogP contribution < -0.4 is 0 Å². The third-order valence-corrected chi connectivity index (χ3v) is 6.33. The first-order chi connectivity index (χ1) is 9.28. The zero-order chi connectivity index (χ0) is 16.9. The van der Waals surface area contributed by atoms with Crippen LogP contribution in [-0.2, 0) is 38.9 Å². The molecule has 12 nitrogen and oxygen atoms in total. The first kappa shape index (κ1) is 21.4. The fourth-order valence-electron chi connectivity index (χ4n) is 0.841. The van der Waals surface area contributed by atoms with Crippen molar-refractivity contribution in [2.45, 2.75) is 18.6 Å². The number of rotatable bonds is 10. The third kappa shape index (κ3) is 10.7. The molecule has 0 rings (SSSR count). The van der Waals surface area contributed by atoms with Gasteiger partial charge in [0.15, 0.2) is 0 Å². The van der Waals surface area contributed by atoms with Gasteiger partial charge in [-0.15, -0.1) is 0 Å². The molecule has 0 aliphatic carbocycles. The van der Waals surface area contributed by atoms with Crippen molar-refractivity contribution < 1.29 is 56.9 Å². The van der Waals surface area contributed by atoms with Crippen LogP contribution >= 0.6 is 22.4 Å². The number of carbonyl (C=O) groups is 1. The summed E-state index contributed by atoms with van der Waals surface area (Å²) in [5.41, 5.74) is 0. The predicted molar refractivity (Wildman–Crippen MR) is 69.2 cm³/mol. The largest absolute Gasteiger partial charge is 0.488 e.